The van der Waals surface area contributed by atoms with Gasteiger partial charge in [0, 0.05) is 11.6 Å². The molecule has 0 unspecified atom stereocenters. The van der Waals surface area contributed by atoms with Crippen molar-refractivity contribution in [2.45, 2.75) is 6.42 Å². The van der Waals surface area contributed by atoms with E-state index in [-0.39, 0.29) is 0 Å². The third-order valence-corrected chi connectivity index (χ3v) is 6.13. The molecule has 0 radical (unpaired) electrons. The Morgan fingerprint density at radius 3 is 1.65 bits per heavy atom. The molecule has 0 fully saturated rings. The van der Waals surface area contributed by atoms with Gasteiger partial charge in [-0.1, -0.05) is 78.9 Å². The molecule has 1 aromatic heterocycles. The van der Waals surface area contributed by atoms with Crippen LogP contribution < -0.4 is 0 Å². The molecule has 5 aromatic carbocycles. The maximum absolute atomic E-state index is 4.41. The molecule has 0 aliphatic heterocycles. The molecule has 0 amide bonds. The SMILES string of the molecule is c1ccc2c(c1)Cc1ccccc1-2.c1ccc2cc3cc4ncccc4cc3cc2c1. The summed E-state index contributed by atoms with van der Waals surface area (Å²) < 4.78 is 0. The molecule has 0 saturated carbocycles. The zero-order chi connectivity index (χ0) is 20.6. The third-order valence-electron chi connectivity index (χ3n) is 6.13. The number of nitrogens with zero attached hydrogens (tertiary/aromatic N) is 1. The number of fused-ring (bicyclic) bond motifs is 6. The molecule has 1 heteroatoms. The quantitative estimate of drug-likeness (QED) is 0.239. The molecule has 0 atom stereocenters. The molecule has 0 bridgehead atoms. The molecule has 146 valence electrons. The molecular formula is C30H21N. The van der Waals surface area contributed by atoms with E-state index in [2.05, 4.69) is 108 Å². The Kier molecular flexibility index (Phi) is 4.25. The summed E-state index contributed by atoms with van der Waals surface area (Å²) in [5.74, 6) is 0. The summed E-state index contributed by atoms with van der Waals surface area (Å²) in [4.78, 5) is 4.41. The van der Waals surface area contributed by atoms with Crippen molar-refractivity contribution < 1.29 is 0 Å². The molecule has 1 aliphatic rings. The topological polar surface area (TPSA) is 12.9 Å². The summed E-state index contributed by atoms with van der Waals surface area (Å²) in [6.45, 7) is 0. The largest absolute Gasteiger partial charge is 0.256 e. The fraction of sp³-hybridized carbons (Fsp3) is 0.0333. The van der Waals surface area contributed by atoms with Crippen LogP contribution in [0, 0.1) is 0 Å². The minimum absolute atomic E-state index is 1.06. The first-order valence-corrected chi connectivity index (χ1v) is 10.7. The molecule has 1 aliphatic carbocycles. The standard InChI is InChI=1S/C17H11N.C13H10/c1-2-5-13-9-16-11-17-14(6-3-7-18-17)10-15(16)8-12(13)4-1;1-3-7-12-10(5-1)9-11-6-2-4-8-13(11)12/h1-11H;1-8H,9H2. The monoisotopic (exact) mass is 395 g/mol. The van der Waals surface area contributed by atoms with Crippen LogP contribution in [0.5, 0.6) is 0 Å². The molecule has 0 spiro atoms. The van der Waals surface area contributed by atoms with Crippen LogP contribution in [0.3, 0.4) is 0 Å². The van der Waals surface area contributed by atoms with Crippen LogP contribution in [0.1, 0.15) is 11.1 Å². The average molecular weight is 396 g/mol. The Hall–Kier alpha value is -3.97. The number of pyridine rings is 1. The number of hydrogen-bond acceptors (Lipinski definition) is 1. The zero-order valence-electron chi connectivity index (χ0n) is 17.1. The Bertz CT molecular complexity index is 1370. The normalized spacial score (nSPS) is 11.7. The second-order valence-electron chi connectivity index (χ2n) is 8.09. The first kappa shape index (κ1) is 17.9. The maximum atomic E-state index is 4.41. The van der Waals surface area contributed by atoms with E-state index in [0.29, 0.717) is 0 Å². The van der Waals surface area contributed by atoms with E-state index in [1.54, 1.807) is 0 Å². The van der Waals surface area contributed by atoms with Gasteiger partial charge in [0.15, 0.2) is 0 Å². The van der Waals surface area contributed by atoms with Gasteiger partial charge >= 0.3 is 0 Å². The smallest absolute Gasteiger partial charge is 0.0708 e. The molecular weight excluding hydrogens is 374 g/mol. The van der Waals surface area contributed by atoms with E-state index < -0.39 is 0 Å². The van der Waals surface area contributed by atoms with Gasteiger partial charge in [0.25, 0.3) is 0 Å². The lowest BCUT2D eigenvalue weighted by atomic mass is 10.0. The minimum atomic E-state index is 1.06. The number of hydrogen-bond donors (Lipinski definition) is 0. The van der Waals surface area contributed by atoms with Crippen molar-refractivity contribution in [1.29, 1.82) is 0 Å². The van der Waals surface area contributed by atoms with E-state index >= 15 is 0 Å². The van der Waals surface area contributed by atoms with Gasteiger partial charge < -0.3 is 0 Å². The zero-order valence-corrected chi connectivity index (χ0v) is 17.1. The lowest BCUT2D eigenvalue weighted by molar-refractivity contribution is 1.26. The molecule has 6 aromatic rings. The Balaban J connectivity index is 0.000000126. The van der Waals surface area contributed by atoms with Crippen LogP contribution in [-0.2, 0) is 6.42 Å². The summed E-state index contributed by atoms with van der Waals surface area (Å²) in [7, 11) is 0. The van der Waals surface area contributed by atoms with Crippen molar-refractivity contribution in [3.8, 4) is 11.1 Å². The second-order valence-corrected chi connectivity index (χ2v) is 8.09. The fourth-order valence-corrected chi connectivity index (χ4v) is 4.59. The Morgan fingerprint density at radius 1 is 0.452 bits per heavy atom. The average Bonchev–Trinajstić information content (AvgIpc) is 3.20. The van der Waals surface area contributed by atoms with Crippen LogP contribution in [0.4, 0.5) is 0 Å². The van der Waals surface area contributed by atoms with Crippen molar-refractivity contribution in [3.05, 3.63) is 127 Å². The lowest BCUT2D eigenvalue weighted by Gasteiger charge is -2.04. The highest BCUT2D eigenvalue weighted by Crippen LogP contribution is 2.35. The van der Waals surface area contributed by atoms with Gasteiger partial charge in [0.2, 0.25) is 0 Å². The highest BCUT2D eigenvalue weighted by Gasteiger charge is 2.15. The van der Waals surface area contributed by atoms with E-state index in [4.69, 9.17) is 0 Å². The first-order chi connectivity index (χ1) is 15.3. The van der Waals surface area contributed by atoms with Gasteiger partial charge in [-0.25, -0.2) is 0 Å². The van der Waals surface area contributed by atoms with Crippen molar-refractivity contribution >= 4 is 32.4 Å². The van der Waals surface area contributed by atoms with Gasteiger partial charge in [0.1, 0.15) is 0 Å². The number of rotatable bonds is 0. The predicted molar refractivity (Wildman–Crippen MR) is 131 cm³/mol. The van der Waals surface area contributed by atoms with Crippen molar-refractivity contribution in [3.63, 3.8) is 0 Å². The molecule has 1 heterocycles. The highest BCUT2D eigenvalue weighted by atomic mass is 14.6. The van der Waals surface area contributed by atoms with Crippen molar-refractivity contribution in [2.24, 2.45) is 0 Å². The third kappa shape index (κ3) is 3.25. The Labute approximate surface area is 181 Å². The van der Waals surface area contributed by atoms with Gasteiger partial charge in [0.05, 0.1) is 5.52 Å². The second kappa shape index (κ2) is 7.37. The summed E-state index contributed by atoms with van der Waals surface area (Å²) in [6.07, 6.45) is 2.95. The van der Waals surface area contributed by atoms with Gasteiger partial charge in [-0.15, -0.1) is 0 Å². The number of aromatic nitrogens is 1. The highest BCUT2D eigenvalue weighted by molar-refractivity contribution is 6.03. The molecule has 1 nitrogen and oxygen atoms in total. The fourth-order valence-electron chi connectivity index (χ4n) is 4.59. The first-order valence-electron chi connectivity index (χ1n) is 10.7. The summed E-state index contributed by atoms with van der Waals surface area (Å²) in [5.41, 5.74) is 6.81. The van der Waals surface area contributed by atoms with E-state index in [0.717, 1.165) is 11.9 Å². The van der Waals surface area contributed by atoms with Crippen LogP contribution in [0.15, 0.2) is 115 Å². The molecule has 7 rings (SSSR count). The summed E-state index contributed by atoms with van der Waals surface area (Å²) in [6, 6.07) is 38.7. The maximum Gasteiger partial charge on any atom is 0.0708 e. The van der Waals surface area contributed by atoms with E-state index in [9.17, 15) is 0 Å². The van der Waals surface area contributed by atoms with Crippen molar-refractivity contribution in [2.75, 3.05) is 0 Å². The number of benzene rings is 5. The minimum Gasteiger partial charge on any atom is -0.256 e. The van der Waals surface area contributed by atoms with Gasteiger partial charge in [-0.3, -0.25) is 4.98 Å². The van der Waals surface area contributed by atoms with Crippen LogP contribution in [-0.4, -0.2) is 4.98 Å². The van der Waals surface area contributed by atoms with Crippen molar-refractivity contribution in [1.82, 2.24) is 4.98 Å². The summed E-state index contributed by atoms with van der Waals surface area (Å²) in [5, 5.41) is 6.28. The van der Waals surface area contributed by atoms with Crippen LogP contribution in [0.2, 0.25) is 0 Å². The van der Waals surface area contributed by atoms with Gasteiger partial charge in [-0.2, -0.15) is 0 Å². The van der Waals surface area contributed by atoms with E-state index in [1.165, 1.54) is 49.2 Å². The summed E-state index contributed by atoms with van der Waals surface area (Å²) >= 11 is 0. The molecule has 0 N–H and O–H groups in total. The molecule has 0 saturated heterocycles. The Morgan fingerprint density at radius 2 is 0.968 bits per heavy atom. The van der Waals surface area contributed by atoms with Crippen LogP contribution >= 0.6 is 0 Å². The van der Waals surface area contributed by atoms with E-state index in [1.807, 2.05) is 12.3 Å². The lowest BCUT2D eigenvalue weighted by Crippen LogP contribution is -1.80. The molecule has 31 heavy (non-hydrogen) atoms. The predicted octanol–water partition coefficient (Wildman–Crippen LogP) is 7.80. The van der Waals surface area contributed by atoms with Gasteiger partial charge in [-0.05, 0) is 80.6 Å². The van der Waals surface area contributed by atoms with Crippen LogP contribution in [0.25, 0.3) is 43.6 Å².